The van der Waals surface area contributed by atoms with Gasteiger partial charge < -0.3 is 0 Å². The highest BCUT2D eigenvalue weighted by molar-refractivity contribution is 6.88. The summed E-state index contributed by atoms with van der Waals surface area (Å²) in [6.07, 6.45) is -8.38. The van der Waals surface area contributed by atoms with Crippen LogP contribution in [0.4, 0.5) is 26.3 Å². The summed E-state index contributed by atoms with van der Waals surface area (Å²) in [6, 6.07) is 25.3. The maximum atomic E-state index is 13.3. The van der Waals surface area contributed by atoms with Crippen LogP contribution in [0.1, 0.15) is 11.1 Å². The normalized spacial score (nSPS) is 12.6. The Labute approximate surface area is 229 Å². The minimum atomic E-state index is -4.92. The molecule has 4 aromatic carbocycles. The third-order valence-electron chi connectivity index (χ3n) is 6.90. The number of hydrogen-bond donors (Lipinski definition) is 0. The van der Waals surface area contributed by atoms with E-state index in [0.717, 1.165) is 27.5 Å². The van der Waals surface area contributed by atoms with Gasteiger partial charge in [-0.1, -0.05) is 79.4 Å². The lowest BCUT2D eigenvalue weighted by Crippen LogP contribution is -2.37. The molecule has 8 heteroatoms. The Morgan fingerprint density at radius 2 is 1.00 bits per heavy atom. The van der Waals surface area contributed by atoms with Gasteiger partial charge in [-0.3, -0.25) is 4.98 Å². The number of nitrogens with zero attached hydrogens (tertiary/aromatic N) is 1. The maximum absolute atomic E-state index is 13.3. The van der Waals surface area contributed by atoms with Crippen molar-refractivity contribution in [2.45, 2.75) is 32.0 Å². The Hall–Kier alpha value is -3.91. The first-order valence-corrected chi connectivity index (χ1v) is 16.1. The average molecular weight is 566 g/mol. The van der Waals surface area contributed by atoms with Gasteiger partial charge in [0, 0.05) is 17.3 Å². The summed E-state index contributed by atoms with van der Waals surface area (Å²) in [5.74, 6) is 0. The zero-order chi connectivity index (χ0) is 28.9. The van der Waals surface area contributed by atoms with Crippen molar-refractivity contribution in [2.24, 2.45) is 0 Å². The third kappa shape index (κ3) is 5.82. The van der Waals surface area contributed by atoms with E-state index in [1.54, 1.807) is 6.07 Å². The van der Waals surface area contributed by atoms with Crippen LogP contribution in [0.5, 0.6) is 0 Å². The Morgan fingerprint density at radius 3 is 1.48 bits per heavy atom. The van der Waals surface area contributed by atoms with Crippen molar-refractivity contribution in [3.8, 4) is 33.5 Å². The monoisotopic (exact) mass is 565 g/mol. The maximum Gasteiger partial charge on any atom is 0.416 e. The van der Waals surface area contributed by atoms with Crippen LogP contribution in [0.25, 0.3) is 44.3 Å². The first kappa shape index (κ1) is 27.6. The molecule has 1 nitrogen and oxygen atoms in total. The molecule has 0 amide bonds. The second-order valence-electron chi connectivity index (χ2n) is 10.8. The fourth-order valence-corrected chi connectivity index (χ4v) is 5.77. The largest absolute Gasteiger partial charge is 0.416 e. The standard InChI is InChI=1S/C32H25F6NSi/c1-40(2,3)29-11-8-20(9-12-29)22-6-4-21-5-7-23(15-25(21)14-22)24-10-13-30(39-19-24)26-16-27(31(33,34)35)18-28(17-26)32(36,37)38/h4-19H,1-3H3. The van der Waals surface area contributed by atoms with Crippen molar-refractivity contribution in [1.82, 2.24) is 4.98 Å². The summed E-state index contributed by atoms with van der Waals surface area (Å²) in [5, 5.41) is 3.43. The van der Waals surface area contributed by atoms with Crippen molar-refractivity contribution in [3.05, 3.63) is 108 Å². The first-order chi connectivity index (χ1) is 18.7. The van der Waals surface area contributed by atoms with Gasteiger partial charge in [-0.2, -0.15) is 26.3 Å². The van der Waals surface area contributed by atoms with E-state index < -0.39 is 31.6 Å². The van der Waals surface area contributed by atoms with Crippen molar-refractivity contribution < 1.29 is 26.3 Å². The lowest BCUT2D eigenvalue weighted by Gasteiger charge is -2.17. The average Bonchev–Trinajstić information content (AvgIpc) is 2.91. The molecule has 204 valence electrons. The number of halogens is 6. The molecule has 0 radical (unpaired) electrons. The zero-order valence-electron chi connectivity index (χ0n) is 22.0. The van der Waals surface area contributed by atoms with Crippen LogP contribution < -0.4 is 5.19 Å². The lowest BCUT2D eigenvalue weighted by atomic mass is 9.97. The topological polar surface area (TPSA) is 12.9 Å². The Kier molecular flexibility index (Phi) is 6.86. The summed E-state index contributed by atoms with van der Waals surface area (Å²) in [4.78, 5) is 4.21. The van der Waals surface area contributed by atoms with E-state index in [1.807, 2.05) is 24.3 Å². The summed E-state index contributed by atoms with van der Waals surface area (Å²) in [7, 11) is -1.40. The minimum absolute atomic E-state index is 0.0187. The van der Waals surface area contributed by atoms with Gasteiger partial charge in [-0.25, -0.2) is 0 Å². The molecule has 0 aliphatic carbocycles. The summed E-state index contributed by atoms with van der Waals surface area (Å²) >= 11 is 0. The van der Waals surface area contributed by atoms with Gasteiger partial charge in [0.15, 0.2) is 0 Å². The second kappa shape index (κ2) is 9.93. The van der Waals surface area contributed by atoms with Crippen LogP contribution >= 0.6 is 0 Å². The molecular formula is C32H25F6NSi. The van der Waals surface area contributed by atoms with Crippen LogP contribution in [0, 0.1) is 0 Å². The lowest BCUT2D eigenvalue weighted by molar-refractivity contribution is -0.143. The predicted octanol–water partition coefficient (Wildman–Crippen LogP) is 9.82. The fraction of sp³-hybridized carbons (Fsp3) is 0.156. The molecule has 40 heavy (non-hydrogen) atoms. The number of fused-ring (bicyclic) bond motifs is 1. The molecule has 0 unspecified atom stereocenters. The predicted molar refractivity (Wildman–Crippen MR) is 151 cm³/mol. The highest BCUT2D eigenvalue weighted by atomic mass is 28.3. The third-order valence-corrected chi connectivity index (χ3v) is 8.97. The van der Waals surface area contributed by atoms with Crippen molar-refractivity contribution in [2.75, 3.05) is 0 Å². The molecule has 0 saturated heterocycles. The van der Waals surface area contributed by atoms with Gasteiger partial charge in [0.25, 0.3) is 0 Å². The van der Waals surface area contributed by atoms with E-state index in [4.69, 9.17) is 0 Å². The van der Waals surface area contributed by atoms with E-state index in [-0.39, 0.29) is 17.3 Å². The highest BCUT2D eigenvalue weighted by Gasteiger charge is 2.37. The van der Waals surface area contributed by atoms with Crippen LogP contribution in [0.15, 0.2) is 97.2 Å². The molecule has 0 atom stereocenters. The molecule has 0 aliphatic heterocycles. The molecule has 1 heterocycles. The van der Waals surface area contributed by atoms with Gasteiger partial charge in [-0.05, 0) is 63.9 Å². The first-order valence-electron chi connectivity index (χ1n) is 12.6. The molecule has 0 spiro atoms. The Balaban J connectivity index is 1.47. The number of aromatic nitrogens is 1. The number of alkyl halides is 6. The molecule has 0 aliphatic rings. The van der Waals surface area contributed by atoms with Crippen molar-refractivity contribution in [3.63, 3.8) is 0 Å². The van der Waals surface area contributed by atoms with Crippen LogP contribution in [0.2, 0.25) is 19.6 Å². The Morgan fingerprint density at radius 1 is 0.500 bits per heavy atom. The van der Waals surface area contributed by atoms with Gasteiger partial charge in [0.1, 0.15) is 0 Å². The number of hydrogen-bond acceptors (Lipinski definition) is 1. The van der Waals surface area contributed by atoms with E-state index in [2.05, 4.69) is 61.0 Å². The number of rotatable bonds is 4. The van der Waals surface area contributed by atoms with Crippen molar-refractivity contribution in [1.29, 1.82) is 0 Å². The molecular weight excluding hydrogens is 540 g/mol. The minimum Gasteiger partial charge on any atom is -0.256 e. The van der Waals surface area contributed by atoms with E-state index in [0.29, 0.717) is 17.7 Å². The van der Waals surface area contributed by atoms with E-state index in [9.17, 15) is 26.3 Å². The number of benzene rings is 4. The summed E-state index contributed by atoms with van der Waals surface area (Å²) < 4.78 is 79.7. The molecule has 0 fully saturated rings. The van der Waals surface area contributed by atoms with Gasteiger partial charge >= 0.3 is 12.4 Å². The molecule has 5 rings (SSSR count). The zero-order valence-corrected chi connectivity index (χ0v) is 23.0. The van der Waals surface area contributed by atoms with Crippen molar-refractivity contribution >= 4 is 24.0 Å². The van der Waals surface area contributed by atoms with Crippen LogP contribution in [-0.4, -0.2) is 13.1 Å². The molecule has 0 N–H and O–H groups in total. The van der Waals surface area contributed by atoms with Gasteiger partial charge in [0.2, 0.25) is 0 Å². The Bertz CT molecular complexity index is 1650. The second-order valence-corrected chi connectivity index (χ2v) is 15.9. The van der Waals surface area contributed by atoms with Gasteiger partial charge in [0.05, 0.1) is 24.9 Å². The molecule has 5 aromatic rings. The highest BCUT2D eigenvalue weighted by Crippen LogP contribution is 2.38. The molecule has 0 saturated carbocycles. The van der Waals surface area contributed by atoms with Crippen LogP contribution in [-0.2, 0) is 12.4 Å². The van der Waals surface area contributed by atoms with E-state index >= 15 is 0 Å². The fourth-order valence-electron chi connectivity index (χ4n) is 4.61. The summed E-state index contributed by atoms with van der Waals surface area (Å²) in [6.45, 7) is 6.92. The summed E-state index contributed by atoms with van der Waals surface area (Å²) in [5.41, 5.74) is 0.732. The molecule has 0 bridgehead atoms. The quantitative estimate of drug-likeness (QED) is 0.156. The molecule has 1 aromatic heterocycles. The SMILES string of the molecule is C[Si](C)(C)c1ccc(-c2ccc3ccc(-c4ccc(-c5cc(C(F)(F)F)cc(C(F)(F)F)c5)nc4)cc3c2)cc1. The number of pyridine rings is 1. The van der Waals surface area contributed by atoms with E-state index in [1.165, 1.54) is 17.4 Å². The van der Waals surface area contributed by atoms with Gasteiger partial charge in [-0.15, -0.1) is 0 Å². The smallest absolute Gasteiger partial charge is 0.256 e. The van der Waals surface area contributed by atoms with Crippen LogP contribution in [0.3, 0.4) is 0 Å².